The van der Waals surface area contributed by atoms with E-state index in [-0.39, 0.29) is 11.9 Å². The molecule has 0 spiro atoms. The van der Waals surface area contributed by atoms with Crippen LogP contribution in [0.3, 0.4) is 0 Å². The van der Waals surface area contributed by atoms with Crippen molar-refractivity contribution in [2.24, 2.45) is 0 Å². The molecule has 1 aromatic rings. The first-order valence-corrected chi connectivity index (χ1v) is 6.05. The summed E-state index contributed by atoms with van der Waals surface area (Å²) in [5.41, 5.74) is 8.68. The van der Waals surface area contributed by atoms with Gasteiger partial charge in [-0.05, 0) is 24.6 Å². The number of hydrogen-bond acceptors (Lipinski definition) is 4. The van der Waals surface area contributed by atoms with Crippen molar-refractivity contribution in [3.63, 3.8) is 0 Å². The lowest BCUT2D eigenvalue weighted by Crippen LogP contribution is -2.53. The van der Waals surface area contributed by atoms with Gasteiger partial charge in [-0.25, -0.2) is 0 Å². The van der Waals surface area contributed by atoms with E-state index in [2.05, 4.69) is 5.32 Å². The lowest BCUT2D eigenvalue weighted by Gasteiger charge is -2.36. The lowest BCUT2D eigenvalue weighted by atomic mass is 10.1. The minimum atomic E-state index is -0.286. The summed E-state index contributed by atoms with van der Waals surface area (Å²) in [5, 5.41) is 2.67. The summed E-state index contributed by atoms with van der Waals surface area (Å²) in [4.78, 5) is 13.9. The van der Waals surface area contributed by atoms with Gasteiger partial charge in [0.05, 0.1) is 13.2 Å². The van der Waals surface area contributed by atoms with Crippen molar-refractivity contribution in [3.8, 4) is 0 Å². The number of carbonyl (C=O) groups is 1. The Hall–Kier alpha value is -1.75. The maximum Gasteiger partial charge on any atom is 0.244 e. The number of nitrogens with one attached hydrogen (secondary N) is 1. The molecule has 1 heterocycles. The molecule has 3 N–H and O–H groups in total. The van der Waals surface area contributed by atoms with Gasteiger partial charge < -0.3 is 20.7 Å². The number of ether oxygens (including phenoxy) is 1. The van der Waals surface area contributed by atoms with Gasteiger partial charge in [0.2, 0.25) is 5.91 Å². The molecule has 1 fully saturated rings. The van der Waals surface area contributed by atoms with Crippen LogP contribution < -0.4 is 16.0 Å². The predicted octanol–water partition coefficient (Wildman–Crippen LogP) is 0.528. The lowest BCUT2D eigenvalue weighted by molar-refractivity contribution is -0.124. The van der Waals surface area contributed by atoms with E-state index in [1.807, 2.05) is 30.0 Å². The Labute approximate surface area is 107 Å². The third kappa shape index (κ3) is 2.41. The van der Waals surface area contributed by atoms with Crippen LogP contribution in [-0.4, -0.2) is 38.8 Å². The highest BCUT2D eigenvalue weighted by Crippen LogP contribution is 2.24. The number of nitrogens with two attached hydrogens (primary N) is 1. The fourth-order valence-corrected chi connectivity index (χ4v) is 2.10. The maximum absolute atomic E-state index is 11.8. The summed E-state index contributed by atoms with van der Waals surface area (Å²) in [6, 6.07) is 5.59. The zero-order valence-electron chi connectivity index (χ0n) is 10.8. The average molecular weight is 249 g/mol. The molecule has 5 heteroatoms. The molecule has 0 aliphatic carbocycles. The number of benzene rings is 1. The summed E-state index contributed by atoms with van der Waals surface area (Å²) in [6.45, 7) is 3.70. The van der Waals surface area contributed by atoms with Crippen LogP contribution in [0.1, 0.15) is 5.56 Å². The second kappa shape index (κ2) is 5.27. The van der Waals surface area contributed by atoms with E-state index in [9.17, 15) is 4.79 Å². The first-order chi connectivity index (χ1) is 8.63. The number of likely N-dealkylation sites (N-methyl/N-ethyl adjacent to an activating group) is 1. The zero-order chi connectivity index (χ0) is 13.1. The third-order valence-corrected chi connectivity index (χ3v) is 3.27. The van der Waals surface area contributed by atoms with E-state index in [0.29, 0.717) is 19.8 Å². The smallest absolute Gasteiger partial charge is 0.244 e. The Morgan fingerprint density at radius 1 is 1.56 bits per heavy atom. The first-order valence-electron chi connectivity index (χ1n) is 6.05. The fraction of sp³-hybridized carbons (Fsp3) is 0.462. The summed E-state index contributed by atoms with van der Waals surface area (Å²) in [5.74, 6) is -0.0335. The quantitative estimate of drug-likeness (QED) is 0.750. The molecule has 18 heavy (non-hydrogen) atoms. The molecule has 0 aromatic heterocycles. The predicted molar refractivity (Wildman–Crippen MR) is 71.6 cm³/mol. The van der Waals surface area contributed by atoms with Crippen molar-refractivity contribution < 1.29 is 9.53 Å². The van der Waals surface area contributed by atoms with Gasteiger partial charge in [0.25, 0.3) is 0 Å². The number of morpholine rings is 1. The van der Waals surface area contributed by atoms with Crippen molar-refractivity contribution in [2.75, 3.05) is 37.4 Å². The van der Waals surface area contributed by atoms with Crippen molar-refractivity contribution in [3.05, 3.63) is 23.8 Å². The van der Waals surface area contributed by atoms with Crippen molar-refractivity contribution in [1.29, 1.82) is 0 Å². The summed E-state index contributed by atoms with van der Waals surface area (Å²) >= 11 is 0. The van der Waals surface area contributed by atoms with Crippen LogP contribution in [0.25, 0.3) is 0 Å². The minimum Gasteiger partial charge on any atom is -0.398 e. The molecule has 1 aliphatic rings. The van der Waals surface area contributed by atoms with Crippen molar-refractivity contribution >= 4 is 17.3 Å². The highest BCUT2D eigenvalue weighted by Gasteiger charge is 2.29. The second-order valence-electron chi connectivity index (χ2n) is 4.44. The van der Waals surface area contributed by atoms with Gasteiger partial charge in [0, 0.05) is 25.0 Å². The van der Waals surface area contributed by atoms with E-state index in [0.717, 1.165) is 16.9 Å². The monoisotopic (exact) mass is 249 g/mol. The number of anilines is 2. The molecule has 2 rings (SSSR count). The molecular formula is C13H19N3O2. The van der Waals surface area contributed by atoms with Crippen LogP contribution in [0.2, 0.25) is 0 Å². The van der Waals surface area contributed by atoms with Gasteiger partial charge in [0.15, 0.2) is 0 Å². The topological polar surface area (TPSA) is 67.6 Å². The Morgan fingerprint density at radius 3 is 3.00 bits per heavy atom. The van der Waals surface area contributed by atoms with Crippen molar-refractivity contribution in [1.82, 2.24) is 5.32 Å². The molecule has 0 bridgehead atoms. The van der Waals surface area contributed by atoms with Crippen LogP contribution in [0.4, 0.5) is 11.4 Å². The molecule has 5 nitrogen and oxygen atoms in total. The summed E-state index contributed by atoms with van der Waals surface area (Å²) in [6.07, 6.45) is 0. The Morgan fingerprint density at radius 2 is 2.33 bits per heavy atom. The van der Waals surface area contributed by atoms with E-state index in [4.69, 9.17) is 10.5 Å². The average Bonchev–Trinajstić information content (AvgIpc) is 2.41. The van der Waals surface area contributed by atoms with Gasteiger partial charge in [-0.2, -0.15) is 0 Å². The molecule has 1 saturated heterocycles. The molecule has 1 aromatic carbocycles. The highest BCUT2D eigenvalue weighted by atomic mass is 16.5. The van der Waals surface area contributed by atoms with Gasteiger partial charge in [-0.1, -0.05) is 6.07 Å². The van der Waals surface area contributed by atoms with Gasteiger partial charge >= 0.3 is 0 Å². The summed E-state index contributed by atoms with van der Waals surface area (Å²) < 4.78 is 5.38. The van der Waals surface area contributed by atoms with Gasteiger partial charge in [-0.3, -0.25) is 4.79 Å². The molecule has 1 atom stereocenters. The SMILES string of the molecule is CNC(=O)C1COCCN1c1ccc(C)c(N)c1. The molecule has 1 amide bonds. The molecule has 1 unspecified atom stereocenters. The van der Waals surface area contributed by atoms with E-state index < -0.39 is 0 Å². The summed E-state index contributed by atoms with van der Waals surface area (Å²) in [7, 11) is 1.64. The van der Waals surface area contributed by atoms with Crippen LogP contribution >= 0.6 is 0 Å². The van der Waals surface area contributed by atoms with Crippen LogP contribution in [-0.2, 0) is 9.53 Å². The molecule has 0 radical (unpaired) electrons. The largest absolute Gasteiger partial charge is 0.398 e. The first kappa shape index (κ1) is 12.7. The van der Waals surface area contributed by atoms with E-state index in [1.54, 1.807) is 7.05 Å². The number of amides is 1. The number of carbonyl (C=O) groups excluding carboxylic acids is 1. The number of nitrogen functional groups attached to an aromatic ring is 1. The number of nitrogens with zero attached hydrogens (tertiary/aromatic N) is 1. The van der Waals surface area contributed by atoms with Crippen LogP contribution in [0.5, 0.6) is 0 Å². The Bertz CT molecular complexity index is 448. The molecule has 1 aliphatic heterocycles. The maximum atomic E-state index is 11.8. The van der Waals surface area contributed by atoms with Crippen molar-refractivity contribution in [2.45, 2.75) is 13.0 Å². The van der Waals surface area contributed by atoms with Crippen LogP contribution in [0, 0.1) is 6.92 Å². The zero-order valence-corrected chi connectivity index (χ0v) is 10.8. The van der Waals surface area contributed by atoms with Gasteiger partial charge in [-0.15, -0.1) is 0 Å². The highest BCUT2D eigenvalue weighted by molar-refractivity contribution is 5.85. The molecule has 0 saturated carbocycles. The Balaban J connectivity index is 2.27. The molecular weight excluding hydrogens is 230 g/mol. The van der Waals surface area contributed by atoms with Crippen LogP contribution in [0.15, 0.2) is 18.2 Å². The number of hydrogen-bond donors (Lipinski definition) is 2. The number of rotatable bonds is 2. The fourth-order valence-electron chi connectivity index (χ4n) is 2.10. The molecule has 98 valence electrons. The minimum absolute atomic E-state index is 0.0335. The standard InChI is InChI=1S/C13H19N3O2/c1-9-3-4-10(7-11(9)14)16-5-6-18-8-12(16)13(17)15-2/h3-4,7,12H,5-6,8,14H2,1-2H3,(H,15,17). The third-order valence-electron chi connectivity index (χ3n) is 3.27. The number of aryl methyl sites for hydroxylation is 1. The van der Waals surface area contributed by atoms with E-state index >= 15 is 0 Å². The van der Waals surface area contributed by atoms with E-state index in [1.165, 1.54) is 0 Å². The van der Waals surface area contributed by atoms with Gasteiger partial charge in [0.1, 0.15) is 6.04 Å². The Kier molecular flexibility index (Phi) is 3.72. The second-order valence-corrected chi connectivity index (χ2v) is 4.44. The normalized spacial score (nSPS) is 19.7.